The van der Waals surface area contributed by atoms with Gasteiger partial charge in [0.25, 0.3) is 5.91 Å². The van der Waals surface area contributed by atoms with Gasteiger partial charge in [0.2, 0.25) is 0 Å². The van der Waals surface area contributed by atoms with Gasteiger partial charge in [-0.2, -0.15) is 0 Å². The average molecular weight is 418 g/mol. The minimum absolute atomic E-state index is 0.0193. The number of H-pyrrole nitrogens is 1. The van der Waals surface area contributed by atoms with Gasteiger partial charge in [0.15, 0.2) is 6.10 Å². The molecule has 1 unspecified atom stereocenters. The molecule has 5 nitrogen and oxygen atoms in total. The van der Waals surface area contributed by atoms with Gasteiger partial charge >= 0.3 is 0 Å². The van der Waals surface area contributed by atoms with Crippen LogP contribution in [0.4, 0.5) is 0 Å². The first-order valence-corrected chi connectivity index (χ1v) is 10.1. The first-order chi connectivity index (χ1) is 13.5. The molecule has 0 aliphatic carbocycles. The quantitative estimate of drug-likeness (QED) is 0.646. The molecular weight excluding hydrogens is 397 g/mol. The van der Waals surface area contributed by atoms with Crippen LogP contribution in [-0.4, -0.2) is 40.0 Å². The number of hydrogen-bond acceptors (Lipinski definition) is 3. The van der Waals surface area contributed by atoms with Crippen LogP contribution in [0.1, 0.15) is 31.5 Å². The van der Waals surface area contributed by atoms with E-state index in [9.17, 15) is 4.79 Å². The fraction of sp³-hybridized carbons (Fsp3) is 0.333. The fourth-order valence-corrected chi connectivity index (χ4v) is 3.89. The average Bonchev–Trinajstić information content (AvgIpc) is 3.14. The van der Waals surface area contributed by atoms with Gasteiger partial charge < -0.3 is 14.6 Å². The van der Waals surface area contributed by atoms with Gasteiger partial charge in [-0.1, -0.05) is 35.3 Å². The number of rotatable bonds is 4. The number of imidazole rings is 1. The van der Waals surface area contributed by atoms with Gasteiger partial charge in [0.1, 0.15) is 11.6 Å². The Morgan fingerprint density at radius 3 is 2.64 bits per heavy atom. The van der Waals surface area contributed by atoms with Crippen LogP contribution >= 0.6 is 23.2 Å². The van der Waals surface area contributed by atoms with E-state index in [0.29, 0.717) is 34.8 Å². The van der Waals surface area contributed by atoms with Crippen LogP contribution in [0.25, 0.3) is 11.0 Å². The van der Waals surface area contributed by atoms with Crippen molar-refractivity contribution >= 4 is 40.1 Å². The molecule has 7 heteroatoms. The number of piperidine rings is 1. The summed E-state index contributed by atoms with van der Waals surface area (Å²) in [6, 6.07) is 13.0. The Bertz CT molecular complexity index is 963. The van der Waals surface area contributed by atoms with Crippen molar-refractivity contribution in [3.8, 4) is 5.75 Å². The lowest BCUT2D eigenvalue weighted by atomic mass is 9.96. The van der Waals surface area contributed by atoms with Crippen LogP contribution < -0.4 is 4.74 Å². The molecule has 1 atom stereocenters. The highest BCUT2D eigenvalue weighted by Gasteiger charge is 2.29. The Morgan fingerprint density at radius 1 is 1.18 bits per heavy atom. The topological polar surface area (TPSA) is 58.2 Å². The summed E-state index contributed by atoms with van der Waals surface area (Å²) in [7, 11) is 0. The number of carbonyl (C=O) groups is 1. The van der Waals surface area contributed by atoms with Gasteiger partial charge in [-0.05, 0) is 44.0 Å². The lowest BCUT2D eigenvalue weighted by molar-refractivity contribution is -0.139. The van der Waals surface area contributed by atoms with Crippen LogP contribution in [0.5, 0.6) is 5.75 Å². The molecule has 1 aliphatic heterocycles. The lowest BCUT2D eigenvalue weighted by Crippen LogP contribution is -2.44. The van der Waals surface area contributed by atoms with Gasteiger partial charge in [0, 0.05) is 25.1 Å². The van der Waals surface area contributed by atoms with E-state index in [4.69, 9.17) is 32.9 Å². The minimum Gasteiger partial charge on any atom is -0.481 e. The highest BCUT2D eigenvalue weighted by molar-refractivity contribution is 6.42. The number of para-hydroxylation sites is 2. The summed E-state index contributed by atoms with van der Waals surface area (Å²) in [6.07, 6.45) is 1.18. The number of nitrogens with zero attached hydrogens (tertiary/aromatic N) is 2. The van der Waals surface area contributed by atoms with E-state index in [0.717, 1.165) is 29.7 Å². The van der Waals surface area contributed by atoms with Crippen LogP contribution in [0, 0.1) is 0 Å². The van der Waals surface area contributed by atoms with E-state index in [-0.39, 0.29) is 5.91 Å². The molecule has 0 saturated carbocycles. The van der Waals surface area contributed by atoms with E-state index in [1.807, 2.05) is 29.2 Å². The van der Waals surface area contributed by atoms with Crippen LogP contribution in [-0.2, 0) is 4.79 Å². The summed E-state index contributed by atoms with van der Waals surface area (Å²) < 4.78 is 5.76. The predicted octanol–water partition coefficient (Wildman–Crippen LogP) is 5.04. The molecule has 1 amide bonds. The lowest BCUT2D eigenvalue weighted by Gasteiger charge is -2.32. The van der Waals surface area contributed by atoms with Crippen molar-refractivity contribution in [3.63, 3.8) is 0 Å². The molecule has 28 heavy (non-hydrogen) atoms. The summed E-state index contributed by atoms with van der Waals surface area (Å²) in [4.78, 5) is 22.7. The minimum atomic E-state index is -0.583. The first kappa shape index (κ1) is 19.1. The smallest absolute Gasteiger partial charge is 0.263 e. The molecule has 1 fully saturated rings. The van der Waals surface area contributed by atoms with Crippen molar-refractivity contribution < 1.29 is 9.53 Å². The highest BCUT2D eigenvalue weighted by Crippen LogP contribution is 2.29. The number of benzene rings is 2. The van der Waals surface area contributed by atoms with Crippen molar-refractivity contribution in [2.45, 2.75) is 31.8 Å². The number of ether oxygens (including phenoxy) is 1. The maximum Gasteiger partial charge on any atom is 0.263 e. The second-order valence-electron chi connectivity index (χ2n) is 7.07. The molecule has 3 aromatic rings. The SMILES string of the molecule is CC(Oc1ccc(Cl)c(Cl)c1)C(=O)N1CCC(c2nc3ccccc3[nH]2)CC1. The maximum atomic E-state index is 12.8. The van der Waals surface area contributed by atoms with E-state index in [2.05, 4.69) is 4.98 Å². The molecule has 1 N–H and O–H groups in total. The maximum absolute atomic E-state index is 12.8. The van der Waals surface area contributed by atoms with Crippen LogP contribution in [0.15, 0.2) is 42.5 Å². The standard InChI is InChI=1S/C21H21Cl2N3O2/c1-13(28-15-6-7-16(22)17(23)12-15)21(27)26-10-8-14(9-11-26)20-24-18-4-2-3-5-19(18)25-20/h2-7,12-14H,8-11H2,1H3,(H,24,25). The Balaban J connectivity index is 1.35. The van der Waals surface area contributed by atoms with Crippen LogP contribution in [0.3, 0.4) is 0 Å². The number of hydrogen-bond donors (Lipinski definition) is 1. The number of aromatic nitrogens is 2. The monoisotopic (exact) mass is 417 g/mol. The van der Waals surface area contributed by atoms with Crippen molar-refractivity contribution in [2.24, 2.45) is 0 Å². The van der Waals surface area contributed by atoms with E-state index in [1.165, 1.54) is 0 Å². The summed E-state index contributed by atoms with van der Waals surface area (Å²) >= 11 is 11.9. The Morgan fingerprint density at radius 2 is 1.93 bits per heavy atom. The first-order valence-electron chi connectivity index (χ1n) is 9.36. The van der Waals surface area contributed by atoms with Gasteiger partial charge in [-0.25, -0.2) is 4.98 Å². The highest BCUT2D eigenvalue weighted by atomic mass is 35.5. The molecule has 2 heterocycles. The number of carbonyl (C=O) groups excluding carboxylic acids is 1. The molecule has 4 rings (SSSR count). The second kappa shape index (κ2) is 8.02. The number of likely N-dealkylation sites (tertiary alicyclic amines) is 1. The van der Waals surface area contributed by atoms with Crippen molar-refractivity contribution in [1.29, 1.82) is 0 Å². The summed E-state index contributed by atoms with van der Waals surface area (Å²) in [5, 5.41) is 0.867. The zero-order chi connectivity index (χ0) is 19.7. The van der Waals surface area contributed by atoms with Gasteiger partial charge in [-0.3, -0.25) is 4.79 Å². The third kappa shape index (κ3) is 3.96. The molecule has 1 saturated heterocycles. The molecule has 0 radical (unpaired) electrons. The Hall–Kier alpha value is -2.24. The number of nitrogens with one attached hydrogen (secondary N) is 1. The molecule has 146 valence electrons. The summed E-state index contributed by atoms with van der Waals surface area (Å²) in [5.41, 5.74) is 2.04. The number of aromatic amines is 1. The van der Waals surface area contributed by atoms with Crippen molar-refractivity contribution in [2.75, 3.05) is 13.1 Å². The summed E-state index contributed by atoms with van der Waals surface area (Å²) in [6.45, 7) is 3.14. The number of fused-ring (bicyclic) bond motifs is 1. The zero-order valence-corrected chi connectivity index (χ0v) is 17.0. The molecule has 0 spiro atoms. The molecule has 2 aromatic carbocycles. The van der Waals surface area contributed by atoms with E-state index < -0.39 is 6.10 Å². The zero-order valence-electron chi connectivity index (χ0n) is 15.5. The largest absolute Gasteiger partial charge is 0.481 e. The third-order valence-corrected chi connectivity index (χ3v) is 5.89. The van der Waals surface area contributed by atoms with E-state index >= 15 is 0 Å². The molecule has 1 aromatic heterocycles. The Kier molecular flexibility index (Phi) is 5.47. The van der Waals surface area contributed by atoms with E-state index in [1.54, 1.807) is 25.1 Å². The molecule has 1 aliphatic rings. The third-order valence-electron chi connectivity index (χ3n) is 5.15. The van der Waals surface area contributed by atoms with Crippen molar-refractivity contribution in [3.05, 3.63) is 58.3 Å². The normalized spacial score (nSPS) is 16.3. The Labute approximate surface area is 173 Å². The van der Waals surface area contributed by atoms with Gasteiger partial charge in [-0.15, -0.1) is 0 Å². The number of amides is 1. The number of halogens is 2. The van der Waals surface area contributed by atoms with Crippen molar-refractivity contribution in [1.82, 2.24) is 14.9 Å². The summed E-state index contributed by atoms with van der Waals surface area (Å²) in [5.74, 6) is 1.86. The molecule has 0 bridgehead atoms. The second-order valence-corrected chi connectivity index (χ2v) is 7.89. The fourth-order valence-electron chi connectivity index (χ4n) is 3.60. The van der Waals surface area contributed by atoms with Gasteiger partial charge in [0.05, 0.1) is 21.1 Å². The predicted molar refractivity (Wildman–Crippen MR) is 111 cm³/mol. The van der Waals surface area contributed by atoms with Crippen LogP contribution in [0.2, 0.25) is 10.0 Å². The molecular formula is C21H21Cl2N3O2.